The summed E-state index contributed by atoms with van der Waals surface area (Å²) in [5.74, 6) is -0.0467. The number of fused-ring (bicyclic) bond motifs is 1. The van der Waals surface area contributed by atoms with Crippen molar-refractivity contribution in [2.75, 3.05) is 0 Å². The molecular formula is C19H13F2N3O2S. The summed E-state index contributed by atoms with van der Waals surface area (Å²) in [5, 5.41) is 10.4. The monoisotopic (exact) mass is 385 g/mol. The van der Waals surface area contributed by atoms with E-state index in [0.717, 1.165) is 26.6 Å². The van der Waals surface area contributed by atoms with Crippen molar-refractivity contribution < 1.29 is 18.6 Å². The van der Waals surface area contributed by atoms with E-state index in [1.165, 1.54) is 17.5 Å². The van der Waals surface area contributed by atoms with Crippen LogP contribution in [-0.2, 0) is 0 Å². The number of aromatic nitrogens is 3. The molecule has 0 fully saturated rings. The number of alkyl halides is 2. The van der Waals surface area contributed by atoms with E-state index >= 15 is 0 Å². The van der Waals surface area contributed by atoms with Gasteiger partial charge in [0.2, 0.25) is 5.88 Å². The van der Waals surface area contributed by atoms with Crippen molar-refractivity contribution in [3.05, 3.63) is 54.4 Å². The van der Waals surface area contributed by atoms with Gasteiger partial charge in [0.05, 0.1) is 22.1 Å². The summed E-state index contributed by atoms with van der Waals surface area (Å²) >= 11 is 1.44. The predicted octanol–water partition coefficient (Wildman–Crippen LogP) is 5.04. The lowest BCUT2D eigenvalue weighted by Gasteiger charge is -2.07. The van der Waals surface area contributed by atoms with Crippen molar-refractivity contribution in [3.8, 4) is 32.6 Å². The van der Waals surface area contributed by atoms with Crippen molar-refractivity contribution in [2.45, 2.75) is 13.5 Å². The van der Waals surface area contributed by atoms with E-state index in [4.69, 9.17) is 0 Å². The van der Waals surface area contributed by atoms with Crippen LogP contribution in [0.5, 0.6) is 11.6 Å². The molecule has 0 aliphatic rings. The number of benzene rings is 2. The normalized spacial score (nSPS) is 11.3. The lowest BCUT2D eigenvalue weighted by Crippen LogP contribution is -2.04. The number of hydrogen-bond acceptors (Lipinski definition) is 6. The highest BCUT2D eigenvalue weighted by molar-refractivity contribution is 7.18. The summed E-state index contributed by atoms with van der Waals surface area (Å²) in [6.07, 6.45) is 2.90. The van der Waals surface area contributed by atoms with Crippen LogP contribution in [0.15, 0.2) is 48.8 Å². The molecule has 1 N–H and O–H groups in total. The molecule has 0 aliphatic carbocycles. The maximum absolute atomic E-state index is 12.4. The van der Waals surface area contributed by atoms with Crippen molar-refractivity contribution >= 4 is 22.4 Å². The number of aromatic hydroxyl groups is 1. The molecule has 2 aromatic carbocycles. The molecule has 0 bridgehead atoms. The third kappa shape index (κ3) is 3.56. The van der Waals surface area contributed by atoms with E-state index in [9.17, 15) is 13.9 Å². The second-order valence-corrected chi connectivity index (χ2v) is 6.88. The molecule has 2 heterocycles. The first-order valence-corrected chi connectivity index (χ1v) is 8.79. The average Bonchev–Trinajstić information content (AvgIpc) is 3.10. The smallest absolute Gasteiger partial charge is 0.388 e. The molecule has 4 aromatic rings. The van der Waals surface area contributed by atoms with Gasteiger partial charge < -0.3 is 9.84 Å². The van der Waals surface area contributed by atoms with E-state index in [-0.39, 0.29) is 11.6 Å². The van der Waals surface area contributed by atoms with Gasteiger partial charge in [0.1, 0.15) is 10.8 Å². The van der Waals surface area contributed by atoms with Crippen LogP contribution >= 0.6 is 11.3 Å². The maximum atomic E-state index is 12.4. The van der Waals surface area contributed by atoms with Crippen molar-refractivity contribution in [3.63, 3.8) is 0 Å². The third-order valence-corrected chi connectivity index (χ3v) is 4.93. The molecule has 27 heavy (non-hydrogen) atoms. The van der Waals surface area contributed by atoms with Gasteiger partial charge in [-0.25, -0.2) is 15.0 Å². The molecule has 0 amide bonds. The molecule has 4 rings (SSSR count). The minimum absolute atomic E-state index is 0.181. The Morgan fingerprint density at radius 2 is 1.96 bits per heavy atom. The fraction of sp³-hybridized carbons (Fsp3) is 0.105. The van der Waals surface area contributed by atoms with Crippen LogP contribution in [0.3, 0.4) is 0 Å². The fourth-order valence-corrected chi connectivity index (χ4v) is 3.68. The summed E-state index contributed by atoms with van der Waals surface area (Å²) in [4.78, 5) is 13.7. The molecule has 0 spiro atoms. The lowest BCUT2D eigenvalue weighted by molar-refractivity contribution is -0.0528. The van der Waals surface area contributed by atoms with Crippen LogP contribution in [0.25, 0.3) is 32.0 Å². The Balaban J connectivity index is 1.79. The molecule has 5 nitrogen and oxygen atoms in total. The van der Waals surface area contributed by atoms with Crippen molar-refractivity contribution in [2.24, 2.45) is 0 Å². The predicted molar refractivity (Wildman–Crippen MR) is 99.1 cm³/mol. The Hall–Kier alpha value is -3.13. The van der Waals surface area contributed by atoms with Gasteiger partial charge in [-0.3, -0.25) is 0 Å². The molecule has 0 saturated carbocycles. The SMILES string of the molecule is Cc1cc(-c2ncc(-c3cccc(O)c3)s2)c2ncc(OC(F)F)nc2c1. The van der Waals surface area contributed by atoms with Crippen molar-refractivity contribution in [1.29, 1.82) is 0 Å². The second kappa shape index (κ2) is 6.88. The largest absolute Gasteiger partial charge is 0.508 e. The van der Waals surface area contributed by atoms with Gasteiger partial charge in [0, 0.05) is 11.8 Å². The van der Waals surface area contributed by atoms with Gasteiger partial charge in [-0.2, -0.15) is 8.78 Å². The number of halogens is 2. The van der Waals surface area contributed by atoms with E-state index in [0.29, 0.717) is 11.0 Å². The molecule has 0 aliphatic heterocycles. The molecule has 0 radical (unpaired) electrons. The first-order valence-electron chi connectivity index (χ1n) is 7.97. The first-order chi connectivity index (χ1) is 13.0. The number of thiazole rings is 1. The van der Waals surface area contributed by atoms with E-state index in [1.54, 1.807) is 30.5 Å². The molecule has 0 atom stereocenters. The average molecular weight is 385 g/mol. The number of phenols is 1. The molecule has 2 aromatic heterocycles. The minimum atomic E-state index is -2.95. The van der Waals surface area contributed by atoms with Crippen LogP contribution in [0, 0.1) is 6.92 Å². The van der Waals surface area contributed by atoms with Gasteiger partial charge in [0.15, 0.2) is 0 Å². The summed E-state index contributed by atoms with van der Waals surface area (Å²) < 4.78 is 29.2. The molecular weight excluding hydrogens is 372 g/mol. The molecule has 0 saturated heterocycles. The van der Waals surface area contributed by atoms with Gasteiger partial charge in [-0.1, -0.05) is 12.1 Å². The zero-order valence-corrected chi connectivity index (χ0v) is 14.9. The van der Waals surface area contributed by atoms with Gasteiger partial charge >= 0.3 is 6.61 Å². The highest BCUT2D eigenvalue weighted by Gasteiger charge is 2.14. The number of hydrogen-bond donors (Lipinski definition) is 1. The fourth-order valence-electron chi connectivity index (χ4n) is 2.75. The minimum Gasteiger partial charge on any atom is -0.508 e. The zero-order valence-electron chi connectivity index (χ0n) is 14.1. The number of aryl methyl sites for hydroxylation is 1. The van der Waals surface area contributed by atoms with Gasteiger partial charge in [0.25, 0.3) is 0 Å². The van der Waals surface area contributed by atoms with E-state index < -0.39 is 6.61 Å². The summed E-state index contributed by atoms with van der Waals surface area (Å²) in [5.41, 5.74) is 3.53. The quantitative estimate of drug-likeness (QED) is 0.533. The Kier molecular flexibility index (Phi) is 4.41. The lowest BCUT2D eigenvalue weighted by atomic mass is 10.1. The maximum Gasteiger partial charge on any atom is 0.388 e. The number of rotatable bonds is 4. The van der Waals surface area contributed by atoms with Gasteiger partial charge in [-0.15, -0.1) is 11.3 Å². The van der Waals surface area contributed by atoms with Gasteiger partial charge in [-0.05, 0) is 42.3 Å². The third-order valence-electron chi connectivity index (χ3n) is 3.85. The topological polar surface area (TPSA) is 68.1 Å². The van der Waals surface area contributed by atoms with E-state index in [1.807, 2.05) is 19.1 Å². The van der Waals surface area contributed by atoms with Crippen LogP contribution in [0.1, 0.15) is 5.56 Å². The zero-order chi connectivity index (χ0) is 19.0. The number of phenolic OH excluding ortho intramolecular Hbond substituents is 1. The Morgan fingerprint density at radius 3 is 2.74 bits per heavy atom. The first kappa shape index (κ1) is 17.3. The Bertz CT molecular complexity index is 1130. The van der Waals surface area contributed by atoms with Crippen LogP contribution < -0.4 is 4.74 Å². The highest BCUT2D eigenvalue weighted by atomic mass is 32.1. The number of ether oxygens (including phenoxy) is 1. The van der Waals surface area contributed by atoms with Crippen LogP contribution in [-0.4, -0.2) is 26.7 Å². The summed E-state index contributed by atoms with van der Waals surface area (Å²) in [7, 11) is 0. The molecule has 136 valence electrons. The van der Waals surface area contributed by atoms with Crippen LogP contribution in [0.2, 0.25) is 0 Å². The molecule has 0 unspecified atom stereocenters. The Morgan fingerprint density at radius 1 is 1.11 bits per heavy atom. The molecule has 8 heteroatoms. The standard InChI is InChI=1S/C19H13F2N3O2S/c1-10-5-13(17-14(6-10)24-16(9-22-17)26-19(20)21)18-23-8-15(27-18)11-3-2-4-12(25)7-11/h2-9,19,25H,1H3. The van der Waals surface area contributed by atoms with Crippen molar-refractivity contribution in [1.82, 2.24) is 15.0 Å². The second-order valence-electron chi connectivity index (χ2n) is 5.85. The summed E-state index contributed by atoms with van der Waals surface area (Å²) in [6, 6.07) is 10.6. The van der Waals surface area contributed by atoms with Crippen LogP contribution in [0.4, 0.5) is 8.78 Å². The summed E-state index contributed by atoms with van der Waals surface area (Å²) in [6.45, 7) is -1.07. The highest BCUT2D eigenvalue weighted by Crippen LogP contribution is 2.36. The Labute approximate surface area is 156 Å². The van der Waals surface area contributed by atoms with E-state index in [2.05, 4.69) is 19.7 Å². The number of nitrogens with zero attached hydrogens (tertiary/aromatic N) is 3.